The van der Waals surface area contributed by atoms with Gasteiger partial charge in [-0.25, -0.2) is 0 Å². The van der Waals surface area contributed by atoms with E-state index in [4.69, 9.17) is 4.74 Å². The number of methoxy groups -OCH3 is 1. The van der Waals surface area contributed by atoms with Crippen LogP contribution in [-0.2, 0) is 17.8 Å². The summed E-state index contributed by atoms with van der Waals surface area (Å²) < 4.78 is 5.43. The Morgan fingerprint density at radius 1 is 1.24 bits per heavy atom. The fraction of sp³-hybridized carbons (Fsp3) is 0.565. The normalized spacial score (nSPS) is 29.6. The van der Waals surface area contributed by atoms with E-state index in [0.717, 1.165) is 44.6 Å². The van der Waals surface area contributed by atoms with Gasteiger partial charge >= 0.3 is 0 Å². The van der Waals surface area contributed by atoms with E-state index >= 15 is 0 Å². The van der Waals surface area contributed by atoms with Crippen LogP contribution in [-0.4, -0.2) is 58.2 Å². The molecule has 4 atom stereocenters. The van der Waals surface area contributed by atoms with Crippen molar-refractivity contribution in [1.29, 1.82) is 0 Å². The molecule has 0 unspecified atom stereocenters. The third-order valence-corrected chi connectivity index (χ3v) is 7.11. The van der Waals surface area contributed by atoms with Crippen molar-refractivity contribution in [2.24, 2.45) is 11.8 Å². The minimum atomic E-state index is 0.281. The Kier molecular flexibility index (Phi) is 5.04. The zero-order valence-corrected chi connectivity index (χ0v) is 17.1. The van der Waals surface area contributed by atoms with E-state index in [1.54, 1.807) is 7.11 Å². The molecule has 0 saturated carbocycles. The summed E-state index contributed by atoms with van der Waals surface area (Å²) in [6, 6.07) is 9.02. The smallest absolute Gasteiger partial charge is 0.223 e. The van der Waals surface area contributed by atoms with Crippen molar-refractivity contribution in [3.8, 4) is 5.75 Å². The Bertz CT molecular complexity index is 852. The molecule has 6 nitrogen and oxygen atoms in total. The van der Waals surface area contributed by atoms with E-state index < -0.39 is 0 Å². The largest absolute Gasteiger partial charge is 0.497 e. The van der Waals surface area contributed by atoms with E-state index in [2.05, 4.69) is 38.2 Å². The average Bonchev–Trinajstić information content (AvgIpc) is 3.24. The zero-order chi connectivity index (χ0) is 19.8. The number of amides is 1. The van der Waals surface area contributed by atoms with Gasteiger partial charge in [0.25, 0.3) is 0 Å². The molecule has 154 valence electrons. The highest BCUT2D eigenvalue weighted by atomic mass is 16.5. The van der Waals surface area contributed by atoms with Crippen LogP contribution in [0, 0.1) is 11.8 Å². The summed E-state index contributed by atoms with van der Waals surface area (Å²) in [5.41, 5.74) is 2.50. The number of aromatic nitrogens is 2. The Morgan fingerprint density at radius 3 is 2.97 bits per heavy atom. The van der Waals surface area contributed by atoms with Crippen molar-refractivity contribution in [2.75, 3.05) is 20.2 Å². The summed E-state index contributed by atoms with van der Waals surface area (Å²) in [7, 11) is 1.71. The second kappa shape index (κ2) is 7.82. The van der Waals surface area contributed by atoms with Gasteiger partial charge in [0.05, 0.1) is 13.3 Å². The molecule has 6 heteroatoms. The minimum absolute atomic E-state index is 0.281. The Labute approximate surface area is 172 Å². The molecule has 3 aliphatic heterocycles. The van der Waals surface area contributed by atoms with Gasteiger partial charge in [-0.2, -0.15) is 5.10 Å². The first kappa shape index (κ1) is 18.7. The maximum atomic E-state index is 13.0. The van der Waals surface area contributed by atoms with E-state index in [1.165, 1.54) is 17.5 Å². The number of nitrogens with zero attached hydrogens (tertiary/aromatic N) is 3. The number of rotatable bonds is 5. The van der Waals surface area contributed by atoms with Gasteiger partial charge in [0, 0.05) is 49.9 Å². The number of ether oxygens (including phenoxy) is 1. The van der Waals surface area contributed by atoms with Crippen molar-refractivity contribution in [3.05, 3.63) is 47.8 Å². The maximum absolute atomic E-state index is 13.0. The molecule has 2 aromatic rings. The van der Waals surface area contributed by atoms with Gasteiger partial charge in [-0.1, -0.05) is 12.1 Å². The predicted molar refractivity (Wildman–Crippen MR) is 110 cm³/mol. The molecule has 3 aliphatic rings. The number of likely N-dealkylation sites (tertiary alicyclic amines) is 1. The first-order chi connectivity index (χ1) is 14.2. The van der Waals surface area contributed by atoms with Crippen LogP contribution in [0.4, 0.5) is 0 Å². The molecule has 4 heterocycles. The van der Waals surface area contributed by atoms with Crippen molar-refractivity contribution in [3.63, 3.8) is 0 Å². The number of aromatic amines is 1. The SMILES string of the molecule is COc1cccc(C[C@H]2[C@H]3C[C@H](CN(Cc4cn[nH]c4)C3)[C@@H]3CCCC(=O)N32)c1. The quantitative estimate of drug-likeness (QED) is 0.847. The summed E-state index contributed by atoms with van der Waals surface area (Å²) in [5.74, 6) is 2.37. The molecule has 1 amide bonds. The number of fused-ring (bicyclic) bond motifs is 4. The topological polar surface area (TPSA) is 61.5 Å². The van der Waals surface area contributed by atoms with Crippen LogP contribution in [0.3, 0.4) is 0 Å². The van der Waals surface area contributed by atoms with Gasteiger partial charge < -0.3 is 9.64 Å². The molecule has 3 saturated heterocycles. The van der Waals surface area contributed by atoms with Crippen LogP contribution in [0.5, 0.6) is 5.75 Å². The zero-order valence-electron chi connectivity index (χ0n) is 17.1. The van der Waals surface area contributed by atoms with Gasteiger partial charge in [0.1, 0.15) is 5.75 Å². The summed E-state index contributed by atoms with van der Waals surface area (Å²) >= 11 is 0. The van der Waals surface area contributed by atoms with E-state index in [0.29, 0.717) is 30.2 Å². The lowest BCUT2D eigenvalue weighted by Gasteiger charge is -2.56. The highest BCUT2D eigenvalue weighted by Gasteiger charge is 2.49. The summed E-state index contributed by atoms with van der Waals surface area (Å²) in [6.45, 7) is 3.07. The Hall–Kier alpha value is -2.34. The van der Waals surface area contributed by atoms with Crippen LogP contribution in [0.15, 0.2) is 36.7 Å². The number of carbonyl (C=O) groups is 1. The van der Waals surface area contributed by atoms with Crippen molar-refractivity contribution < 1.29 is 9.53 Å². The monoisotopic (exact) mass is 394 g/mol. The summed E-state index contributed by atoms with van der Waals surface area (Å²) in [4.78, 5) is 17.9. The number of piperidine rings is 3. The number of nitrogens with one attached hydrogen (secondary N) is 1. The molecule has 3 fully saturated rings. The van der Waals surface area contributed by atoms with Crippen LogP contribution in [0.1, 0.15) is 36.8 Å². The van der Waals surface area contributed by atoms with E-state index in [9.17, 15) is 4.79 Å². The lowest BCUT2D eigenvalue weighted by atomic mass is 9.70. The molecular formula is C23H30N4O2. The molecular weight excluding hydrogens is 364 g/mol. The molecule has 1 aromatic carbocycles. The number of carbonyl (C=O) groups excluding carboxylic acids is 1. The number of benzene rings is 1. The van der Waals surface area contributed by atoms with Crippen LogP contribution >= 0.6 is 0 Å². The van der Waals surface area contributed by atoms with Crippen molar-refractivity contribution in [2.45, 2.75) is 50.7 Å². The van der Waals surface area contributed by atoms with Gasteiger partial charge in [-0.3, -0.25) is 14.8 Å². The number of hydrogen-bond donors (Lipinski definition) is 1. The molecule has 29 heavy (non-hydrogen) atoms. The lowest BCUT2D eigenvalue weighted by molar-refractivity contribution is -0.152. The fourth-order valence-electron chi connectivity index (χ4n) is 5.93. The first-order valence-electron chi connectivity index (χ1n) is 10.9. The molecule has 1 N–H and O–H groups in total. The Morgan fingerprint density at radius 2 is 2.14 bits per heavy atom. The summed E-state index contributed by atoms with van der Waals surface area (Å²) in [5, 5.41) is 7.04. The van der Waals surface area contributed by atoms with Crippen molar-refractivity contribution in [1.82, 2.24) is 20.0 Å². The third kappa shape index (κ3) is 3.66. The second-order valence-corrected chi connectivity index (χ2v) is 8.94. The maximum Gasteiger partial charge on any atom is 0.223 e. The average molecular weight is 395 g/mol. The number of H-pyrrole nitrogens is 1. The van der Waals surface area contributed by atoms with Crippen LogP contribution in [0.2, 0.25) is 0 Å². The second-order valence-electron chi connectivity index (χ2n) is 8.94. The van der Waals surface area contributed by atoms with Gasteiger partial charge in [-0.05, 0) is 55.2 Å². The first-order valence-corrected chi connectivity index (χ1v) is 10.9. The van der Waals surface area contributed by atoms with E-state index in [1.807, 2.05) is 18.5 Å². The minimum Gasteiger partial charge on any atom is -0.497 e. The predicted octanol–water partition coefficient (Wildman–Crippen LogP) is 2.86. The molecule has 2 bridgehead atoms. The van der Waals surface area contributed by atoms with Crippen LogP contribution in [0.25, 0.3) is 0 Å². The molecule has 0 radical (unpaired) electrons. The molecule has 5 rings (SSSR count). The summed E-state index contributed by atoms with van der Waals surface area (Å²) in [6.07, 6.45) is 8.97. The van der Waals surface area contributed by atoms with Gasteiger partial charge in [-0.15, -0.1) is 0 Å². The molecule has 0 aliphatic carbocycles. The van der Waals surface area contributed by atoms with Gasteiger partial charge in [0.2, 0.25) is 5.91 Å². The molecule has 0 spiro atoms. The highest BCUT2D eigenvalue weighted by Crippen LogP contribution is 2.43. The fourth-order valence-corrected chi connectivity index (χ4v) is 5.93. The highest BCUT2D eigenvalue weighted by molar-refractivity contribution is 5.78. The third-order valence-electron chi connectivity index (χ3n) is 7.11. The standard InChI is InChI=1S/C23H30N4O2/c1-29-20-5-2-4-16(8-20)9-22-19-10-18(21-6-3-7-23(28)27(21)22)14-26(15-19)13-17-11-24-25-12-17/h2,4-5,8,11-12,18-19,21-22H,3,6-7,9-10,13-15H2,1H3,(H,24,25)/t18-,19+,21+,22+/m1/s1. The Balaban J connectivity index is 1.41. The van der Waals surface area contributed by atoms with Gasteiger partial charge in [0.15, 0.2) is 0 Å². The lowest BCUT2D eigenvalue weighted by Crippen LogP contribution is -2.65. The van der Waals surface area contributed by atoms with Crippen LogP contribution < -0.4 is 4.74 Å². The molecule has 1 aromatic heterocycles. The van der Waals surface area contributed by atoms with Crippen molar-refractivity contribution >= 4 is 5.91 Å². The van der Waals surface area contributed by atoms with E-state index in [-0.39, 0.29) is 6.04 Å². The number of hydrogen-bond acceptors (Lipinski definition) is 4.